The summed E-state index contributed by atoms with van der Waals surface area (Å²) in [6.07, 6.45) is 0. The maximum absolute atomic E-state index is 12.4. The average molecular weight is 411 g/mol. The molecule has 1 N–H and O–H groups in total. The lowest BCUT2D eigenvalue weighted by Crippen LogP contribution is -2.12. The minimum atomic E-state index is -0.0655. The third-order valence-corrected chi connectivity index (χ3v) is 8.13. The first kappa shape index (κ1) is 18.6. The second kappa shape index (κ2) is 7.61. The van der Waals surface area contributed by atoms with Crippen molar-refractivity contribution in [3.8, 4) is 0 Å². The first-order chi connectivity index (χ1) is 11.8. The number of hydrogen-bond acceptors (Lipinski definition) is 8. The molecular formula is C16H18N4OS4. The van der Waals surface area contributed by atoms with E-state index in [2.05, 4.69) is 26.7 Å². The van der Waals surface area contributed by atoms with Crippen LogP contribution in [-0.4, -0.2) is 25.9 Å². The Labute approximate surface area is 162 Å². The number of aromatic amines is 1. The van der Waals surface area contributed by atoms with Crippen molar-refractivity contribution in [2.45, 2.75) is 41.6 Å². The minimum absolute atomic E-state index is 0.00764. The highest BCUT2D eigenvalue weighted by atomic mass is 32.2. The molecule has 0 fully saturated rings. The normalized spacial score (nSPS) is 12.6. The molecule has 0 amide bonds. The molecule has 0 saturated heterocycles. The van der Waals surface area contributed by atoms with Crippen molar-refractivity contribution in [3.05, 3.63) is 38.8 Å². The van der Waals surface area contributed by atoms with Crippen molar-refractivity contribution in [2.75, 3.05) is 5.75 Å². The number of thioether (sulfide) groups is 2. The lowest BCUT2D eigenvalue weighted by atomic mass is 10.2. The Bertz CT molecular complexity index is 988. The summed E-state index contributed by atoms with van der Waals surface area (Å²) in [7, 11) is 0. The van der Waals surface area contributed by atoms with E-state index in [0.717, 1.165) is 35.3 Å². The van der Waals surface area contributed by atoms with Crippen molar-refractivity contribution in [3.63, 3.8) is 0 Å². The van der Waals surface area contributed by atoms with Crippen LogP contribution in [0.25, 0.3) is 10.2 Å². The maximum atomic E-state index is 12.4. The number of fused-ring (bicyclic) bond motifs is 1. The van der Waals surface area contributed by atoms with Gasteiger partial charge in [0.05, 0.1) is 10.6 Å². The molecule has 132 valence electrons. The second-order valence-electron chi connectivity index (χ2n) is 5.75. The van der Waals surface area contributed by atoms with E-state index in [-0.39, 0.29) is 10.8 Å². The minimum Gasteiger partial charge on any atom is -0.309 e. The lowest BCUT2D eigenvalue weighted by Gasteiger charge is -2.07. The van der Waals surface area contributed by atoms with Crippen LogP contribution < -0.4 is 5.56 Å². The number of aryl methyl sites for hydroxylation is 2. The van der Waals surface area contributed by atoms with Crippen molar-refractivity contribution in [1.82, 2.24) is 20.2 Å². The van der Waals surface area contributed by atoms with Gasteiger partial charge in [-0.25, -0.2) is 4.98 Å². The molecule has 0 unspecified atom stereocenters. The highest BCUT2D eigenvalue weighted by molar-refractivity contribution is 8.03. The van der Waals surface area contributed by atoms with Gasteiger partial charge in [0.1, 0.15) is 10.7 Å². The fraction of sp³-hybridized carbons (Fsp3) is 0.375. The monoisotopic (exact) mass is 410 g/mol. The van der Waals surface area contributed by atoms with Crippen molar-refractivity contribution in [1.29, 1.82) is 0 Å². The zero-order valence-electron chi connectivity index (χ0n) is 14.4. The van der Waals surface area contributed by atoms with Crippen LogP contribution >= 0.6 is 46.2 Å². The predicted octanol–water partition coefficient (Wildman–Crippen LogP) is 4.97. The number of nitrogens with zero attached hydrogens (tertiary/aromatic N) is 3. The van der Waals surface area contributed by atoms with Crippen molar-refractivity contribution < 1.29 is 0 Å². The lowest BCUT2D eigenvalue weighted by molar-refractivity contribution is 0.912. The van der Waals surface area contributed by atoms with Crippen LogP contribution in [0.1, 0.15) is 35.4 Å². The maximum Gasteiger partial charge on any atom is 0.259 e. The summed E-state index contributed by atoms with van der Waals surface area (Å²) >= 11 is 6.33. The van der Waals surface area contributed by atoms with E-state index in [1.807, 2.05) is 27.7 Å². The Morgan fingerprint density at radius 2 is 2.00 bits per heavy atom. The van der Waals surface area contributed by atoms with E-state index in [1.54, 1.807) is 46.2 Å². The molecule has 5 nitrogen and oxygen atoms in total. The van der Waals surface area contributed by atoms with Crippen LogP contribution in [0.2, 0.25) is 0 Å². The summed E-state index contributed by atoms with van der Waals surface area (Å²) in [5.41, 5.74) is 2.06. The molecule has 1 atom stereocenters. The summed E-state index contributed by atoms with van der Waals surface area (Å²) in [5.74, 6) is 1.52. The van der Waals surface area contributed by atoms with E-state index in [4.69, 9.17) is 0 Å². The summed E-state index contributed by atoms with van der Waals surface area (Å²) in [6, 6.07) is 0. The number of nitrogens with one attached hydrogen (secondary N) is 1. The molecule has 0 saturated carbocycles. The van der Waals surface area contributed by atoms with E-state index in [9.17, 15) is 4.79 Å². The van der Waals surface area contributed by atoms with Crippen LogP contribution in [0.15, 0.2) is 25.6 Å². The van der Waals surface area contributed by atoms with Crippen molar-refractivity contribution in [2.24, 2.45) is 0 Å². The molecule has 3 rings (SSSR count). The first-order valence-electron chi connectivity index (χ1n) is 7.62. The first-order valence-corrected chi connectivity index (χ1v) is 11.1. The Balaban J connectivity index is 1.79. The second-order valence-corrected chi connectivity index (χ2v) is 10.7. The van der Waals surface area contributed by atoms with Gasteiger partial charge in [-0.1, -0.05) is 47.0 Å². The third-order valence-electron chi connectivity index (χ3n) is 3.55. The van der Waals surface area contributed by atoms with Crippen molar-refractivity contribution >= 4 is 56.4 Å². The molecule has 3 aromatic rings. The van der Waals surface area contributed by atoms with Crippen LogP contribution in [-0.2, 0) is 0 Å². The largest absolute Gasteiger partial charge is 0.309 e. The van der Waals surface area contributed by atoms with Gasteiger partial charge in [0.25, 0.3) is 5.56 Å². The number of thiophene rings is 1. The molecule has 0 spiro atoms. The van der Waals surface area contributed by atoms with Gasteiger partial charge in [-0.05, 0) is 33.3 Å². The molecule has 3 heterocycles. The number of rotatable bonds is 6. The molecule has 0 aromatic carbocycles. The fourth-order valence-corrected chi connectivity index (χ4v) is 6.26. The standard InChI is InChI=1S/C16H18N4OS4/c1-7(2)6-22-15-19-20-16(25-15)24-10(5)12-17-13(21)11-8(3)9(4)23-14(11)18-12/h10H,1,6H2,2-5H3,(H,17,18,21)/t10-/m0/s1. The summed E-state index contributed by atoms with van der Waals surface area (Å²) in [5, 5.41) is 9.12. The highest BCUT2D eigenvalue weighted by Crippen LogP contribution is 2.37. The van der Waals surface area contributed by atoms with Crippen LogP contribution in [0.3, 0.4) is 0 Å². The predicted molar refractivity (Wildman–Crippen MR) is 109 cm³/mol. The van der Waals surface area contributed by atoms with Crippen LogP contribution in [0, 0.1) is 13.8 Å². The van der Waals surface area contributed by atoms with Gasteiger partial charge in [-0.2, -0.15) is 0 Å². The van der Waals surface area contributed by atoms with E-state index >= 15 is 0 Å². The average Bonchev–Trinajstić information content (AvgIpc) is 3.10. The fourth-order valence-electron chi connectivity index (χ4n) is 2.16. The van der Waals surface area contributed by atoms with Gasteiger partial charge in [-0.15, -0.1) is 21.5 Å². The SMILES string of the molecule is C=C(C)CSc1nnc(S[C@@H](C)c2nc3sc(C)c(C)c3c(=O)[nH]2)s1. The summed E-state index contributed by atoms with van der Waals surface area (Å²) in [6.45, 7) is 11.9. The molecule has 3 aromatic heterocycles. The molecule has 25 heavy (non-hydrogen) atoms. The van der Waals surface area contributed by atoms with Gasteiger partial charge < -0.3 is 4.98 Å². The van der Waals surface area contributed by atoms with E-state index in [0.29, 0.717) is 11.2 Å². The zero-order valence-corrected chi connectivity index (χ0v) is 17.6. The quantitative estimate of drug-likeness (QED) is 0.457. The van der Waals surface area contributed by atoms with Gasteiger partial charge >= 0.3 is 0 Å². The number of hydrogen-bond donors (Lipinski definition) is 1. The van der Waals surface area contributed by atoms with Gasteiger partial charge in [0.2, 0.25) is 0 Å². The molecule has 0 aliphatic rings. The van der Waals surface area contributed by atoms with Crippen LogP contribution in [0.5, 0.6) is 0 Å². The summed E-state index contributed by atoms with van der Waals surface area (Å²) in [4.78, 5) is 21.9. The molecule has 0 aliphatic carbocycles. The number of aromatic nitrogens is 4. The van der Waals surface area contributed by atoms with E-state index < -0.39 is 0 Å². The molecule has 0 radical (unpaired) electrons. The molecule has 0 bridgehead atoms. The van der Waals surface area contributed by atoms with Gasteiger partial charge in [-0.3, -0.25) is 4.79 Å². The Kier molecular flexibility index (Phi) is 5.67. The van der Waals surface area contributed by atoms with Gasteiger partial charge in [0.15, 0.2) is 8.68 Å². The smallest absolute Gasteiger partial charge is 0.259 e. The molecular weight excluding hydrogens is 392 g/mol. The Morgan fingerprint density at radius 3 is 2.72 bits per heavy atom. The molecule has 9 heteroatoms. The number of H-pyrrole nitrogens is 1. The third kappa shape index (κ3) is 4.16. The van der Waals surface area contributed by atoms with Gasteiger partial charge in [0, 0.05) is 10.6 Å². The van der Waals surface area contributed by atoms with E-state index in [1.165, 1.54) is 0 Å². The zero-order chi connectivity index (χ0) is 18.1. The topological polar surface area (TPSA) is 71.5 Å². The van der Waals surface area contributed by atoms with Crippen LogP contribution in [0.4, 0.5) is 0 Å². The Hall–Kier alpha value is -1.16. The summed E-state index contributed by atoms with van der Waals surface area (Å²) < 4.78 is 1.80. The Morgan fingerprint density at radius 1 is 1.28 bits per heavy atom. The molecule has 0 aliphatic heterocycles. The highest BCUT2D eigenvalue weighted by Gasteiger charge is 2.18.